The summed E-state index contributed by atoms with van der Waals surface area (Å²) in [6.07, 6.45) is 3.74. The van der Waals surface area contributed by atoms with E-state index in [-0.39, 0.29) is 0 Å². The average molecular weight is 318 g/mol. The summed E-state index contributed by atoms with van der Waals surface area (Å²) in [4.78, 5) is 11.9. The van der Waals surface area contributed by atoms with Crippen molar-refractivity contribution < 1.29 is 9.53 Å². The number of nitrogens with one attached hydrogen (secondary N) is 1. The summed E-state index contributed by atoms with van der Waals surface area (Å²) in [5.74, 6) is 13.2. The number of rotatable bonds is 3. The number of hydrogen-bond acceptors (Lipinski definition) is 3. The first-order chi connectivity index (χ1) is 11.8. The van der Waals surface area contributed by atoms with Crippen molar-refractivity contribution in [3.8, 4) is 29.8 Å². The third kappa shape index (κ3) is 4.09. The molecule has 3 atom stereocenters. The largest absolute Gasteiger partial charge is 0.449 e. The summed E-state index contributed by atoms with van der Waals surface area (Å²) in [6.45, 7) is 0.479. The van der Waals surface area contributed by atoms with E-state index in [1.165, 1.54) is 0 Å². The van der Waals surface area contributed by atoms with Crippen LogP contribution in [-0.2, 0) is 4.74 Å². The molecule has 0 heterocycles. The number of fused-ring (bicyclic) bond motifs is 1. The molecule has 24 heavy (non-hydrogen) atoms. The van der Waals surface area contributed by atoms with Gasteiger partial charge in [0.15, 0.2) is 6.07 Å². The summed E-state index contributed by atoms with van der Waals surface area (Å²) in [6, 6.07) is 8.75. The van der Waals surface area contributed by atoms with E-state index in [2.05, 4.69) is 29.0 Å². The third-order valence-electron chi connectivity index (χ3n) is 4.64. The molecular weight excluding hydrogens is 300 g/mol. The Labute approximate surface area is 142 Å². The zero-order valence-corrected chi connectivity index (χ0v) is 13.3. The molecular formula is C20H18N2O2. The predicted octanol–water partition coefficient (Wildman–Crippen LogP) is 3.55. The van der Waals surface area contributed by atoms with Crippen LogP contribution in [0.4, 0.5) is 10.5 Å². The van der Waals surface area contributed by atoms with Gasteiger partial charge in [-0.1, -0.05) is 5.92 Å². The van der Waals surface area contributed by atoms with Crippen molar-refractivity contribution in [2.75, 3.05) is 11.9 Å². The number of hydrogen-bond donors (Lipinski definition) is 1. The Kier molecular flexibility index (Phi) is 5.05. The Morgan fingerprint density at radius 3 is 2.50 bits per heavy atom. The molecule has 1 aromatic carbocycles. The van der Waals surface area contributed by atoms with Crippen LogP contribution in [-0.4, -0.2) is 12.7 Å². The minimum Gasteiger partial charge on any atom is -0.449 e. The molecule has 1 saturated carbocycles. The molecule has 0 aromatic heterocycles. The van der Waals surface area contributed by atoms with Gasteiger partial charge in [0, 0.05) is 30.0 Å². The highest BCUT2D eigenvalue weighted by Gasteiger charge is 2.49. The molecule has 4 heteroatoms. The quantitative estimate of drug-likeness (QED) is 0.867. The van der Waals surface area contributed by atoms with Gasteiger partial charge in [0.1, 0.15) is 0 Å². The first-order valence-corrected chi connectivity index (χ1v) is 8.17. The van der Waals surface area contributed by atoms with Crippen LogP contribution in [0.15, 0.2) is 24.3 Å². The van der Waals surface area contributed by atoms with Crippen LogP contribution in [0.2, 0.25) is 0 Å². The van der Waals surface area contributed by atoms with E-state index in [0.717, 1.165) is 31.2 Å². The van der Waals surface area contributed by atoms with Gasteiger partial charge in [0.05, 0.1) is 6.61 Å². The Bertz CT molecular complexity index is 750. The molecule has 3 rings (SSSR count). The molecule has 1 aromatic rings. The molecule has 1 unspecified atom stereocenters. The van der Waals surface area contributed by atoms with E-state index in [4.69, 9.17) is 10.00 Å². The number of carbonyl (C=O) groups excluding carboxylic acids is 1. The number of nitrogens with zero attached hydrogens (tertiary/aromatic N) is 1. The first kappa shape index (κ1) is 16.0. The van der Waals surface area contributed by atoms with Crippen molar-refractivity contribution in [2.45, 2.75) is 25.7 Å². The molecule has 0 spiro atoms. The van der Waals surface area contributed by atoms with Crippen molar-refractivity contribution in [1.82, 2.24) is 0 Å². The molecule has 0 saturated heterocycles. The van der Waals surface area contributed by atoms with Crippen LogP contribution in [0.1, 0.15) is 31.2 Å². The molecule has 1 amide bonds. The van der Waals surface area contributed by atoms with Crippen molar-refractivity contribution in [2.24, 2.45) is 17.8 Å². The first-order valence-electron chi connectivity index (χ1n) is 8.17. The lowest BCUT2D eigenvalue weighted by molar-refractivity contribution is 0.152. The predicted molar refractivity (Wildman–Crippen MR) is 90.6 cm³/mol. The van der Waals surface area contributed by atoms with Crippen LogP contribution in [0.3, 0.4) is 0 Å². The Hall–Kier alpha value is -2.90. The summed E-state index contributed by atoms with van der Waals surface area (Å²) in [5, 5.41) is 11.1. The lowest BCUT2D eigenvalue weighted by Gasteiger charge is -2.07. The molecule has 4 nitrogen and oxygen atoms in total. The SMILES string of the molecule is N#CC#Cc1ccc(NC(=O)OCC2[C@H]3CCC#CCC[C@@H]23)cc1. The van der Waals surface area contributed by atoms with E-state index in [1.54, 1.807) is 30.3 Å². The number of anilines is 1. The maximum Gasteiger partial charge on any atom is 0.411 e. The van der Waals surface area contributed by atoms with Crippen LogP contribution >= 0.6 is 0 Å². The Balaban J connectivity index is 1.44. The fourth-order valence-electron chi connectivity index (χ4n) is 3.35. The summed E-state index contributed by atoms with van der Waals surface area (Å²) in [5.41, 5.74) is 1.38. The van der Waals surface area contributed by atoms with Gasteiger partial charge >= 0.3 is 6.09 Å². The molecule has 2 aliphatic rings. The van der Waals surface area contributed by atoms with E-state index < -0.39 is 6.09 Å². The Morgan fingerprint density at radius 2 is 1.88 bits per heavy atom. The fraction of sp³-hybridized carbons (Fsp3) is 0.400. The van der Waals surface area contributed by atoms with Gasteiger partial charge in [-0.05, 0) is 54.9 Å². The summed E-state index contributed by atoms with van der Waals surface area (Å²) < 4.78 is 5.38. The van der Waals surface area contributed by atoms with Gasteiger partial charge in [0.2, 0.25) is 0 Å². The van der Waals surface area contributed by atoms with Crippen LogP contribution in [0, 0.1) is 52.8 Å². The minimum atomic E-state index is -0.429. The number of carbonyl (C=O) groups is 1. The fourth-order valence-corrected chi connectivity index (χ4v) is 3.35. The smallest absolute Gasteiger partial charge is 0.411 e. The van der Waals surface area contributed by atoms with Crippen molar-refractivity contribution in [1.29, 1.82) is 5.26 Å². The molecule has 0 radical (unpaired) electrons. The van der Waals surface area contributed by atoms with Crippen molar-refractivity contribution >= 4 is 11.8 Å². The lowest BCUT2D eigenvalue weighted by atomic mass is 10.1. The number of ether oxygens (including phenoxy) is 1. The third-order valence-corrected chi connectivity index (χ3v) is 4.64. The highest BCUT2D eigenvalue weighted by Crippen LogP contribution is 2.52. The minimum absolute atomic E-state index is 0.429. The highest BCUT2D eigenvalue weighted by molar-refractivity contribution is 5.84. The van der Waals surface area contributed by atoms with Gasteiger partial charge in [-0.3, -0.25) is 5.32 Å². The van der Waals surface area contributed by atoms with E-state index in [0.29, 0.717) is 30.0 Å². The Morgan fingerprint density at radius 1 is 1.21 bits per heavy atom. The molecule has 0 bridgehead atoms. The zero-order valence-electron chi connectivity index (χ0n) is 13.3. The average Bonchev–Trinajstić information content (AvgIpc) is 3.22. The van der Waals surface area contributed by atoms with Crippen LogP contribution < -0.4 is 5.32 Å². The van der Waals surface area contributed by atoms with E-state index in [9.17, 15) is 4.79 Å². The second-order valence-electron chi connectivity index (χ2n) is 6.09. The normalized spacial score (nSPS) is 23.5. The lowest BCUT2D eigenvalue weighted by Crippen LogP contribution is -2.15. The van der Waals surface area contributed by atoms with Crippen LogP contribution in [0.5, 0.6) is 0 Å². The number of nitriles is 1. The van der Waals surface area contributed by atoms with E-state index in [1.807, 2.05) is 0 Å². The van der Waals surface area contributed by atoms with E-state index >= 15 is 0 Å². The highest BCUT2D eigenvalue weighted by atomic mass is 16.5. The second kappa shape index (κ2) is 7.58. The van der Waals surface area contributed by atoms with Crippen LogP contribution in [0.25, 0.3) is 0 Å². The van der Waals surface area contributed by atoms with Crippen molar-refractivity contribution in [3.63, 3.8) is 0 Å². The molecule has 2 aliphatic carbocycles. The van der Waals surface area contributed by atoms with Gasteiger partial charge < -0.3 is 4.74 Å². The summed E-state index contributed by atoms with van der Waals surface area (Å²) in [7, 11) is 0. The number of benzene rings is 1. The molecule has 1 N–H and O–H groups in total. The molecule has 1 fully saturated rings. The van der Waals surface area contributed by atoms with Gasteiger partial charge in [-0.2, -0.15) is 5.26 Å². The molecule has 120 valence electrons. The maximum absolute atomic E-state index is 11.9. The standard InChI is InChI=1S/C20H18N2O2/c21-13-5-6-15-9-11-16(12-10-15)22-20(23)24-14-19-17-7-3-1-2-4-8-18(17)19/h9-12,17-19H,3-4,7-8,14H2,(H,22,23)/t17-,18+,19?. The van der Waals surface area contributed by atoms with Gasteiger partial charge in [-0.15, -0.1) is 11.8 Å². The summed E-state index contributed by atoms with van der Waals surface area (Å²) >= 11 is 0. The maximum atomic E-state index is 11.9. The number of amides is 1. The second-order valence-corrected chi connectivity index (χ2v) is 6.09. The van der Waals surface area contributed by atoms with Gasteiger partial charge in [0.25, 0.3) is 0 Å². The monoisotopic (exact) mass is 318 g/mol. The topological polar surface area (TPSA) is 62.1 Å². The zero-order chi connectivity index (χ0) is 16.8. The molecule has 0 aliphatic heterocycles. The van der Waals surface area contributed by atoms with Gasteiger partial charge in [-0.25, -0.2) is 4.79 Å². The van der Waals surface area contributed by atoms with Crippen molar-refractivity contribution in [3.05, 3.63) is 29.8 Å².